The standard InChI is InChI=1S/C19H21N5O2S/c1-12-20-15(11-27-12)13-5-7-14(8-6-13)21-18-16(24(25)26)9-10-17(22-18)23-19(2,3)4/h5-11H,1-4H3,(H2,21,22,23). The summed E-state index contributed by atoms with van der Waals surface area (Å²) >= 11 is 1.60. The Balaban J connectivity index is 1.87. The van der Waals surface area contributed by atoms with Crippen LogP contribution >= 0.6 is 11.3 Å². The molecule has 27 heavy (non-hydrogen) atoms. The number of hydrogen-bond acceptors (Lipinski definition) is 7. The first kappa shape index (κ1) is 18.8. The maximum Gasteiger partial charge on any atom is 0.311 e. The number of hydrogen-bond donors (Lipinski definition) is 2. The van der Waals surface area contributed by atoms with Gasteiger partial charge >= 0.3 is 5.69 Å². The zero-order chi connectivity index (χ0) is 19.6. The number of nitrogens with one attached hydrogen (secondary N) is 2. The van der Waals surface area contributed by atoms with Crippen molar-refractivity contribution in [2.24, 2.45) is 0 Å². The Bertz CT molecular complexity index is 961. The minimum atomic E-state index is -0.442. The Morgan fingerprint density at radius 2 is 1.78 bits per heavy atom. The van der Waals surface area contributed by atoms with E-state index < -0.39 is 4.92 Å². The molecule has 0 saturated carbocycles. The van der Waals surface area contributed by atoms with E-state index in [1.54, 1.807) is 17.4 Å². The van der Waals surface area contributed by atoms with Crippen molar-refractivity contribution in [3.63, 3.8) is 0 Å². The molecular formula is C19H21N5O2S. The summed E-state index contributed by atoms with van der Waals surface area (Å²) in [6.45, 7) is 7.97. The Morgan fingerprint density at radius 3 is 2.33 bits per heavy atom. The number of rotatable bonds is 5. The second-order valence-corrected chi connectivity index (χ2v) is 8.21. The highest BCUT2D eigenvalue weighted by molar-refractivity contribution is 7.09. The molecule has 3 aromatic rings. The lowest BCUT2D eigenvalue weighted by atomic mass is 10.1. The predicted molar refractivity (Wildman–Crippen MR) is 110 cm³/mol. The quantitative estimate of drug-likeness (QED) is 0.454. The van der Waals surface area contributed by atoms with Gasteiger partial charge in [0.1, 0.15) is 5.82 Å². The molecule has 0 aliphatic heterocycles. The zero-order valence-electron chi connectivity index (χ0n) is 15.6. The first-order chi connectivity index (χ1) is 12.7. The largest absolute Gasteiger partial charge is 0.365 e. The fourth-order valence-electron chi connectivity index (χ4n) is 2.50. The summed E-state index contributed by atoms with van der Waals surface area (Å²) in [4.78, 5) is 19.8. The molecule has 0 saturated heterocycles. The van der Waals surface area contributed by atoms with Crippen LogP contribution in [-0.2, 0) is 0 Å². The summed E-state index contributed by atoms with van der Waals surface area (Å²) < 4.78 is 0. The Morgan fingerprint density at radius 1 is 1.07 bits per heavy atom. The molecular weight excluding hydrogens is 362 g/mol. The average molecular weight is 383 g/mol. The van der Waals surface area contributed by atoms with Gasteiger partial charge in [-0.2, -0.15) is 0 Å². The molecule has 0 radical (unpaired) electrons. The van der Waals surface area contributed by atoms with Gasteiger partial charge in [0.15, 0.2) is 0 Å². The van der Waals surface area contributed by atoms with Crippen molar-refractivity contribution >= 4 is 34.3 Å². The minimum absolute atomic E-state index is 0.0753. The van der Waals surface area contributed by atoms with Crippen molar-refractivity contribution in [3.8, 4) is 11.3 Å². The van der Waals surface area contributed by atoms with Crippen molar-refractivity contribution in [2.75, 3.05) is 10.6 Å². The van der Waals surface area contributed by atoms with E-state index >= 15 is 0 Å². The molecule has 0 spiro atoms. The molecule has 2 N–H and O–H groups in total. The summed E-state index contributed by atoms with van der Waals surface area (Å²) in [5.41, 5.74) is 2.36. The van der Waals surface area contributed by atoms with Gasteiger partial charge in [0.05, 0.1) is 15.6 Å². The van der Waals surface area contributed by atoms with Crippen LogP contribution in [0.2, 0.25) is 0 Å². The summed E-state index contributed by atoms with van der Waals surface area (Å²) in [6.07, 6.45) is 0. The van der Waals surface area contributed by atoms with Gasteiger partial charge in [-0.1, -0.05) is 12.1 Å². The maximum absolute atomic E-state index is 11.3. The molecule has 7 nitrogen and oxygen atoms in total. The zero-order valence-corrected chi connectivity index (χ0v) is 16.4. The fraction of sp³-hybridized carbons (Fsp3) is 0.263. The van der Waals surface area contributed by atoms with Crippen molar-refractivity contribution in [1.82, 2.24) is 9.97 Å². The van der Waals surface area contributed by atoms with E-state index in [4.69, 9.17) is 0 Å². The fourth-order valence-corrected chi connectivity index (χ4v) is 3.12. The third-order valence-corrected chi connectivity index (χ3v) is 4.41. The third kappa shape index (κ3) is 4.79. The third-order valence-electron chi connectivity index (χ3n) is 3.64. The van der Waals surface area contributed by atoms with Crippen molar-refractivity contribution in [2.45, 2.75) is 33.2 Å². The van der Waals surface area contributed by atoms with Crippen molar-refractivity contribution in [1.29, 1.82) is 0 Å². The Kier molecular flexibility index (Phi) is 5.09. The van der Waals surface area contributed by atoms with E-state index in [2.05, 4.69) is 20.6 Å². The molecule has 0 unspecified atom stereocenters. The van der Waals surface area contributed by atoms with Gasteiger partial charge in [-0.3, -0.25) is 10.1 Å². The smallest absolute Gasteiger partial charge is 0.311 e. The van der Waals surface area contributed by atoms with Gasteiger partial charge in [0.25, 0.3) is 0 Å². The van der Waals surface area contributed by atoms with Gasteiger partial charge in [-0.15, -0.1) is 11.3 Å². The number of benzene rings is 1. The van der Waals surface area contributed by atoms with Gasteiger partial charge < -0.3 is 10.6 Å². The number of aromatic nitrogens is 2. The van der Waals surface area contributed by atoms with Crippen LogP contribution < -0.4 is 10.6 Å². The molecule has 8 heteroatoms. The monoisotopic (exact) mass is 383 g/mol. The second kappa shape index (κ2) is 7.32. The first-order valence-corrected chi connectivity index (χ1v) is 9.32. The molecule has 0 amide bonds. The van der Waals surface area contributed by atoms with Crippen LogP contribution in [0.1, 0.15) is 25.8 Å². The number of nitro groups is 1. The lowest BCUT2D eigenvalue weighted by Crippen LogP contribution is -2.26. The molecule has 2 heterocycles. The van der Waals surface area contributed by atoms with Crippen LogP contribution in [0, 0.1) is 17.0 Å². The Hall–Kier alpha value is -3.00. The van der Waals surface area contributed by atoms with Crippen LogP contribution in [0.15, 0.2) is 41.8 Å². The van der Waals surface area contributed by atoms with E-state index in [0.717, 1.165) is 16.3 Å². The summed E-state index contributed by atoms with van der Waals surface area (Å²) in [7, 11) is 0. The number of aryl methyl sites for hydroxylation is 1. The van der Waals surface area contributed by atoms with Gasteiger partial charge in [-0.05, 0) is 45.9 Å². The van der Waals surface area contributed by atoms with Crippen molar-refractivity contribution < 1.29 is 4.92 Å². The van der Waals surface area contributed by atoms with Gasteiger partial charge in [0, 0.05) is 28.2 Å². The average Bonchev–Trinajstić information content (AvgIpc) is 3.00. The van der Waals surface area contributed by atoms with Crippen LogP contribution in [0.3, 0.4) is 0 Å². The molecule has 0 atom stereocenters. The van der Waals surface area contributed by atoms with Gasteiger partial charge in [0.2, 0.25) is 5.82 Å². The molecule has 0 bridgehead atoms. The van der Waals surface area contributed by atoms with Crippen LogP contribution in [0.25, 0.3) is 11.3 Å². The van der Waals surface area contributed by atoms with Gasteiger partial charge in [-0.25, -0.2) is 9.97 Å². The number of nitrogens with zero attached hydrogens (tertiary/aromatic N) is 3. The van der Waals surface area contributed by atoms with Crippen LogP contribution in [0.4, 0.5) is 23.0 Å². The minimum Gasteiger partial charge on any atom is -0.365 e. The first-order valence-electron chi connectivity index (χ1n) is 8.44. The molecule has 0 aliphatic carbocycles. The van der Waals surface area contributed by atoms with Crippen LogP contribution in [-0.4, -0.2) is 20.4 Å². The van der Waals surface area contributed by atoms with E-state index in [0.29, 0.717) is 11.5 Å². The molecule has 3 rings (SSSR count). The number of thiazole rings is 1. The topological polar surface area (TPSA) is 93.0 Å². The predicted octanol–water partition coefficient (Wildman–Crippen LogP) is 5.38. The van der Waals surface area contributed by atoms with E-state index in [1.165, 1.54) is 6.07 Å². The number of pyridine rings is 1. The highest BCUT2D eigenvalue weighted by atomic mass is 32.1. The summed E-state index contributed by atoms with van der Waals surface area (Å²) in [6, 6.07) is 10.6. The lowest BCUT2D eigenvalue weighted by Gasteiger charge is -2.21. The van der Waals surface area contributed by atoms with Crippen molar-refractivity contribution in [3.05, 3.63) is 56.9 Å². The molecule has 1 aromatic carbocycles. The van der Waals surface area contributed by atoms with E-state index in [9.17, 15) is 10.1 Å². The SMILES string of the molecule is Cc1nc(-c2ccc(Nc3nc(NC(C)(C)C)ccc3[N+](=O)[O-])cc2)cs1. The van der Waals surface area contributed by atoms with E-state index in [-0.39, 0.29) is 17.0 Å². The second-order valence-electron chi connectivity index (χ2n) is 7.15. The molecule has 0 aliphatic rings. The molecule has 0 fully saturated rings. The summed E-state index contributed by atoms with van der Waals surface area (Å²) in [5, 5.41) is 20.6. The highest BCUT2D eigenvalue weighted by Crippen LogP contribution is 2.29. The van der Waals surface area contributed by atoms with E-state index in [1.807, 2.05) is 57.3 Å². The summed E-state index contributed by atoms with van der Waals surface area (Å²) in [5.74, 6) is 0.775. The molecule has 2 aromatic heterocycles. The maximum atomic E-state index is 11.3. The highest BCUT2D eigenvalue weighted by Gasteiger charge is 2.18. The van der Waals surface area contributed by atoms with Crippen LogP contribution in [0.5, 0.6) is 0 Å². The molecule has 140 valence electrons. The number of anilines is 3. The lowest BCUT2D eigenvalue weighted by molar-refractivity contribution is -0.384. The Labute approximate surface area is 161 Å². The normalized spacial score (nSPS) is 11.3.